The topological polar surface area (TPSA) is 65.9 Å². The highest BCUT2D eigenvalue weighted by molar-refractivity contribution is 7.10. The Hall–Kier alpha value is -1.74. The Labute approximate surface area is 129 Å². The molecule has 0 bridgehead atoms. The number of hydrogen-bond donors (Lipinski definition) is 1. The van der Waals surface area contributed by atoms with Crippen molar-refractivity contribution in [1.82, 2.24) is 9.88 Å². The molecule has 21 heavy (non-hydrogen) atoms. The van der Waals surface area contributed by atoms with Crippen LogP contribution in [0.4, 0.5) is 0 Å². The van der Waals surface area contributed by atoms with Gasteiger partial charge < -0.3 is 5.73 Å². The van der Waals surface area contributed by atoms with E-state index in [1.54, 1.807) is 17.5 Å². The number of thiophene rings is 1. The van der Waals surface area contributed by atoms with Crippen LogP contribution in [0.2, 0.25) is 0 Å². The summed E-state index contributed by atoms with van der Waals surface area (Å²) in [5, 5.41) is 11.0. The fraction of sp³-hybridized carbons (Fsp3) is 0.375. The minimum atomic E-state index is -0.000913. The van der Waals surface area contributed by atoms with Gasteiger partial charge in [-0.2, -0.15) is 5.26 Å². The molecule has 0 aliphatic heterocycles. The first-order chi connectivity index (χ1) is 10.2. The van der Waals surface area contributed by atoms with E-state index in [4.69, 9.17) is 11.0 Å². The molecule has 0 saturated carbocycles. The molecule has 0 amide bonds. The molecule has 5 heteroatoms. The van der Waals surface area contributed by atoms with Crippen LogP contribution in [0.15, 0.2) is 42.0 Å². The summed E-state index contributed by atoms with van der Waals surface area (Å²) in [6.07, 6.45) is 4.13. The lowest BCUT2D eigenvalue weighted by Gasteiger charge is -2.33. The summed E-state index contributed by atoms with van der Waals surface area (Å²) < 4.78 is 0. The Kier molecular flexibility index (Phi) is 5.88. The molecule has 2 unspecified atom stereocenters. The standard InChI is InChI=1S/C16H20N4S/c1-13(18)16(15-6-3-10-21-15)20(9-4-7-17)12-14-5-2-8-19-11-14/h2-3,5-6,8,10-11,13,16H,4,9,12,18H2,1H3. The van der Waals surface area contributed by atoms with Gasteiger partial charge in [-0.15, -0.1) is 11.3 Å². The van der Waals surface area contributed by atoms with E-state index in [1.807, 2.05) is 25.3 Å². The summed E-state index contributed by atoms with van der Waals surface area (Å²) in [6, 6.07) is 10.5. The highest BCUT2D eigenvalue weighted by atomic mass is 32.1. The molecular formula is C16H20N4S. The molecule has 110 valence electrons. The third-order valence-electron chi connectivity index (χ3n) is 3.35. The number of rotatable bonds is 7. The van der Waals surface area contributed by atoms with Gasteiger partial charge in [0.05, 0.1) is 12.1 Å². The zero-order chi connectivity index (χ0) is 15.1. The smallest absolute Gasteiger partial charge is 0.0635 e. The fourth-order valence-corrected chi connectivity index (χ4v) is 3.44. The first kappa shape index (κ1) is 15.6. The number of nitrogens with zero attached hydrogens (tertiary/aromatic N) is 3. The molecule has 2 rings (SSSR count). The van der Waals surface area contributed by atoms with E-state index in [9.17, 15) is 0 Å². The van der Waals surface area contributed by atoms with Crippen molar-refractivity contribution in [2.24, 2.45) is 5.73 Å². The molecule has 0 aliphatic carbocycles. The van der Waals surface area contributed by atoms with Gasteiger partial charge in [0.25, 0.3) is 0 Å². The second kappa shape index (κ2) is 7.89. The normalized spacial score (nSPS) is 13.8. The van der Waals surface area contributed by atoms with Crippen molar-refractivity contribution in [3.05, 3.63) is 52.5 Å². The highest BCUT2D eigenvalue weighted by Gasteiger charge is 2.24. The molecule has 0 aliphatic rings. The maximum Gasteiger partial charge on any atom is 0.0635 e. The number of nitriles is 1. The van der Waals surface area contributed by atoms with Crippen molar-refractivity contribution in [3.8, 4) is 6.07 Å². The van der Waals surface area contributed by atoms with E-state index < -0.39 is 0 Å². The predicted octanol–water partition coefficient (Wildman–Crippen LogP) is 2.95. The van der Waals surface area contributed by atoms with Crippen molar-refractivity contribution in [2.75, 3.05) is 6.54 Å². The van der Waals surface area contributed by atoms with Crippen LogP contribution in [0.5, 0.6) is 0 Å². The van der Waals surface area contributed by atoms with E-state index in [0.717, 1.165) is 12.1 Å². The number of nitrogens with two attached hydrogens (primary N) is 1. The molecule has 2 atom stereocenters. The average molecular weight is 300 g/mol. The second-order valence-electron chi connectivity index (χ2n) is 5.06. The van der Waals surface area contributed by atoms with E-state index in [0.29, 0.717) is 13.0 Å². The summed E-state index contributed by atoms with van der Waals surface area (Å²) in [7, 11) is 0. The van der Waals surface area contributed by atoms with Gasteiger partial charge in [0.15, 0.2) is 0 Å². The first-order valence-corrected chi connectivity index (χ1v) is 7.89. The van der Waals surface area contributed by atoms with Crippen LogP contribution in [-0.4, -0.2) is 22.5 Å². The molecule has 2 heterocycles. The molecule has 4 nitrogen and oxygen atoms in total. The number of aromatic nitrogens is 1. The molecule has 0 radical (unpaired) electrons. The van der Waals surface area contributed by atoms with Gasteiger partial charge in [-0.05, 0) is 30.0 Å². The van der Waals surface area contributed by atoms with Gasteiger partial charge in [0.1, 0.15) is 0 Å². The molecule has 0 aromatic carbocycles. The third kappa shape index (κ3) is 4.36. The minimum Gasteiger partial charge on any atom is -0.326 e. The quantitative estimate of drug-likeness (QED) is 0.853. The zero-order valence-electron chi connectivity index (χ0n) is 12.1. The monoisotopic (exact) mass is 300 g/mol. The van der Waals surface area contributed by atoms with Gasteiger partial charge in [0, 0.05) is 42.8 Å². The van der Waals surface area contributed by atoms with E-state index in [-0.39, 0.29) is 12.1 Å². The Morgan fingerprint density at radius 2 is 2.29 bits per heavy atom. The highest BCUT2D eigenvalue weighted by Crippen LogP contribution is 2.29. The van der Waals surface area contributed by atoms with E-state index in [2.05, 4.69) is 33.5 Å². The van der Waals surface area contributed by atoms with Crippen LogP contribution in [0, 0.1) is 11.3 Å². The maximum atomic E-state index is 8.91. The van der Waals surface area contributed by atoms with Crippen molar-refractivity contribution in [3.63, 3.8) is 0 Å². The lowest BCUT2D eigenvalue weighted by Crippen LogP contribution is -2.39. The lowest BCUT2D eigenvalue weighted by atomic mass is 10.1. The molecule has 2 N–H and O–H groups in total. The van der Waals surface area contributed by atoms with Crippen molar-refractivity contribution in [1.29, 1.82) is 5.26 Å². The maximum absolute atomic E-state index is 8.91. The predicted molar refractivity (Wildman–Crippen MR) is 85.6 cm³/mol. The van der Waals surface area contributed by atoms with E-state index >= 15 is 0 Å². The number of hydrogen-bond acceptors (Lipinski definition) is 5. The van der Waals surface area contributed by atoms with Crippen LogP contribution in [-0.2, 0) is 6.54 Å². The van der Waals surface area contributed by atoms with Crippen molar-refractivity contribution in [2.45, 2.75) is 32.0 Å². The summed E-state index contributed by atoms with van der Waals surface area (Å²) in [6.45, 7) is 3.47. The molecule has 2 aromatic heterocycles. The summed E-state index contributed by atoms with van der Waals surface area (Å²) in [5.74, 6) is 0. The molecule has 0 spiro atoms. The Bertz CT molecular complexity index is 560. The SMILES string of the molecule is CC(N)C(c1cccs1)N(CCC#N)Cc1cccnc1. The molecule has 2 aromatic rings. The van der Waals surface area contributed by atoms with Gasteiger partial charge in [-0.1, -0.05) is 12.1 Å². The molecule has 0 fully saturated rings. The Morgan fingerprint density at radius 1 is 1.43 bits per heavy atom. The average Bonchev–Trinajstić information content (AvgIpc) is 2.99. The molecular weight excluding hydrogens is 280 g/mol. The Balaban J connectivity index is 2.22. The van der Waals surface area contributed by atoms with Crippen LogP contribution in [0.25, 0.3) is 0 Å². The summed E-state index contributed by atoms with van der Waals surface area (Å²) in [5.41, 5.74) is 7.36. The van der Waals surface area contributed by atoms with E-state index in [1.165, 1.54) is 4.88 Å². The van der Waals surface area contributed by atoms with Crippen LogP contribution in [0.3, 0.4) is 0 Å². The first-order valence-electron chi connectivity index (χ1n) is 7.01. The van der Waals surface area contributed by atoms with Gasteiger partial charge >= 0.3 is 0 Å². The zero-order valence-corrected chi connectivity index (χ0v) is 13.0. The number of pyridine rings is 1. The third-order valence-corrected chi connectivity index (χ3v) is 4.29. The van der Waals surface area contributed by atoms with Crippen LogP contribution < -0.4 is 5.73 Å². The van der Waals surface area contributed by atoms with Gasteiger partial charge in [0.2, 0.25) is 0 Å². The fourth-order valence-electron chi connectivity index (χ4n) is 2.47. The van der Waals surface area contributed by atoms with Gasteiger partial charge in [-0.25, -0.2) is 0 Å². The summed E-state index contributed by atoms with van der Waals surface area (Å²) in [4.78, 5) is 7.68. The summed E-state index contributed by atoms with van der Waals surface area (Å²) >= 11 is 1.71. The second-order valence-corrected chi connectivity index (χ2v) is 6.04. The Morgan fingerprint density at radius 3 is 2.86 bits per heavy atom. The minimum absolute atomic E-state index is 0.000913. The van der Waals surface area contributed by atoms with Crippen LogP contribution >= 0.6 is 11.3 Å². The largest absolute Gasteiger partial charge is 0.326 e. The van der Waals surface area contributed by atoms with Crippen LogP contribution in [0.1, 0.15) is 29.8 Å². The lowest BCUT2D eigenvalue weighted by molar-refractivity contribution is 0.174. The molecule has 0 saturated heterocycles. The van der Waals surface area contributed by atoms with Crippen molar-refractivity contribution < 1.29 is 0 Å². The van der Waals surface area contributed by atoms with Crippen molar-refractivity contribution >= 4 is 11.3 Å². The van der Waals surface area contributed by atoms with Gasteiger partial charge in [-0.3, -0.25) is 9.88 Å².